The van der Waals surface area contributed by atoms with Crippen molar-refractivity contribution in [1.82, 2.24) is 4.98 Å². The summed E-state index contributed by atoms with van der Waals surface area (Å²) in [5.41, 5.74) is 2.43. The molecule has 82 valence electrons. The Kier molecular flexibility index (Phi) is 3.28. The predicted molar refractivity (Wildman–Crippen MR) is 66.4 cm³/mol. The van der Waals surface area contributed by atoms with E-state index in [-0.39, 0.29) is 5.78 Å². The van der Waals surface area contributed by atoms with Gasteiger partial charge >= 0.3 is 0 Å². The van der Waals surface area contributed by atoms with Gasteiger partial charge in [-0.2, -0.15) is 0 Å². The number of aliphatic hydroxyl groups is 1. The van der Waals surface area contributed by atoms with Crippen molar-refractivity contribution >= 4 is 29.3 Å². The first kappa shape index (κ1) is 11.2. The average molecular weight is 251 g/mol. The summed E-state index contributed by atoms with van der Waals surface area (Å²) in [5, 5.41) is 10.6. The van der Waals surface area contributed by atoms with Crippen molar-refractivity contribution in [1.29, 1.82) is 0 Å². The fourth-order valence-electron chi connectivity index (χ4n) is 1.35. The Morgan fingerprint density at radius 2 is 2.06 bits per heavy atom. The summed E-state index contributed by atoms with van der Waals surface area (Å²) in [6.07, 6.45) is 0. The smallest absolute Gasteiger partial charge is 0.188 e. The lowest BCUT2D eigenvalue weighted by molar-refractivity contribution is 0.0904. The lowest BCUT2D eigenvalue weighted by Gasteiger charge is -2.00. The van der Waals surface area contributed by atoms with Crippen LogP contribution < -0.4 is 0 Å². The van der Waals surface area contributed by atoms with Crippen LogP contribution in [0.25, 0.3) is 11.3 Å². The molecule has 0 atom stereocenters. The van der Waals surface area contributed by atoms with E-state index in [0.717, 1.165) is 15.2 Å². The van der Waals surface area contributed by atoms with Gasteiger partial charge in [0.1, 0.15) is 6.61 Å². The van der Waals surface area contributed by atoms with Crippen LogP contribution in [-0.2, 0) is 0 Å². The Morgan fingerprint density at radius 3 is 2.56 bits per heavy atom. The van der Waals surface area contributed by atoms with Crippen molar-refractivity contribution < 1.29 is 9.90 Å². The normalized spacial score (nSPS) is 10.3. The number of rotatable bonds is 3. The van der Waals surface area contributed by atoms with E-state index in [4.69, 9.17) is 17.3 Å². The zero-order valence-electron chi connectivity index (χ0n) is 8.27. The van der Waals surface area contributed by atoms with E-state index in [1.54, 1.807) is 12.1 Å². The minimum absolute atomic E-state index is 0.273. The first-order valence-electron chi connectivity index (χ1n) is 4.63. The molecule has 16 heavy (non-hydrogen) atoms. The van der Waals surface area contributed by atoms with Crippen LogP contribution in [0.2, 0.25) is 0 Å². The maximum atomic E-state index is 11.2. The van der Waals surface area contributed by atoms with E-state index >= 15 is 0 Å². The molecule has 0 amide bonds. The molecule has 0 saturated heterocycles. The van der Waals surface area contributed by atoms with E-state index in [1.165, 1.54) is 11.3 Å². The number of H-pyrrole nitrogens is 1. The van der Waals surface area contributed by atoms with Crippen LogP contribution in [0.3, 0.4) is 0 Å². The third-order valence-corrected chi connectivity index (χ3v) is 3.24. The van der Waals surface area contributed by atoms with Gasteiger partial charge in [-0.25, -0.2) is 0 Å². The van der Waals surface area contributed by atoms with Crippen molar-refractivity contribution in [2.75, 3.05) is 6.61 Å². The van der Waals surface area contributed by atoms with Crippen LogP contribution in [0.4, 0.5) is 0 Å². The third kappa shape index (κ3) is 2.27. The van der Waals surface area contributed by atoms with Gasteiger partial charge in [0.15, 0.2) is 9.74 Å². The number of hydrogen-bond acceptors (Lipinski definition) is 4. The third-order valence-electron chi connectivity index (χ3n) is 2.18. The van der Waals surface area contributed by atoms with Gasteiger partial charge < -0.3 is 10.1 Å². The van der Waals surface area contributed by atoms with Gasteiger partial charge in [-0.15, -0.1) is 11.3 Å². The molecule has 0 unspecified atom stereocenters. The summed E-state index contributed by atoms with van der Waals surface area (Å²) in [6, 6.07) is 7.05. The van der Waals surface area contributed by atoms with Crippen molar-refractivity contribution in [3.63, 3.8) is 0 Å². The van der Waals surface area contributed by atoms with E-state index in [2.05, 4.69) is 4.98 Å². The molecule has 0 aliphatic rings. The molecule has 0 aliphatic heterocycles. The van der Waals surface area contributed by atoms with Crippen LogP contribution in [-0.4, -0.2) is 22.5 Å². The molecule has 5 heteroatoms. The molecule has 3 nitrogen and oxygen atoms in total. The van der Waals surface area contributed by atoms with Gasteiger partial charge in [-0.3, -0.25) is 4.79 Å². The summed E-state index contributed by atoms with van der Waals surface area (Å²) in [5.74, 6) is -0.273. The highest BCUT2D eigenvalue weighted by atomic mass is 32.1. The number of benzene rings is 1. The Bertz CT molecular complexity index is 554. The molecule has 1 heterocycles. The molecule has 0 bridgehead atoms. The topological polar surface area (TPSA) is 53.1 Å². The standard InChI is InChI=1S/C11H9NO2S2/c13-5-10(14)8-3-1-7(2-4-8)9-6-16-11(15)12-9/h1-4,6,13H,5H2,(H,12,15). The summed E-state index contributed by atoms with van der Waals surface area (Å²) < 4.78 is 0.727. The lowest BCUT2D eigenvalue weighted by Crippen LogP contribution is -2.03. The Hall–Kier alpha value is -1.30. The minimum atomic E-state index is -0.458. The van der Waals surface area contributed by atoms with Gasteiger partial charge in [0.05, 0.1) is 5.69 Å². The van der Waals surface area contributed by atoms with E-state index < -0.39 is 6.61 Å². The number of ketones is 1. The predicted octanol–water partition coefficient (Wildman–Crippen LogP) is 2.65. The average Bonchev–Trinajstić information content (AvgIpc) is 2.75. The van der Waals surface area contributed by atoms with Crippen LogP contribution in [0.15, 0.2) is 29.6 Å². The second-order valence-corrected chi connectivity index (χ2v) is 4.77. The van der Waals surface area contributed by atoms with E-state index in [1.807, 2.05) is 17.5 Å². The highest BCUT2D eigenvalue weighted by Crippen LogP contribution is 2.20. The Labute approximate surface area is 101 Å². The molecule has 2 rings (SSSR count). The fraction of sp³-hybridized carbons (Fsp3) is 0.0909. The number of Topliss-reactive ketones (excluding diaryl/α,β-unsaturated/α-hetero) is 1. The minimum Gasteiger partial charge on any atom is -0.388 e. The van der Waals surface area contributed by atoms with Crippen molar-refractivity contribution in [3.05, 3.63) is 39.2 Å². The number of aliphatic hydroxyl groups excluding tert-OH is 1. The zero-order chi connectivity index (χ0) is 11.5. The van der Waals surface area contributed by atoms with Crippen LogP contribution >= 0.6 is 23.6 Å². The monoisotopic (exact) mass is 251 g/mol. The zero-order valence-corrected chi connectivity index (χ0v) is 9.90. The quantitative estimate of drug-likeness (QED) is 0.651. The Balaban J connectivity index is 2.32. The summed E-state index contributed by atoms with van der Waals surface area (Å²) in [7, 11) is 0. The van der Waals surface area contributed by atoms with Gasteiger partial charge in [0, 0.05) is 10.9 Å². The highest BCUT2D eigenvalue weighted by Gasteiger charge is 2.04. The number of hydrogen-bond donors (Lipinski definition) is 2. The molecule has 0 fully saturated rings. The van der Waals surface area contributed by atoms with Crippen molar-refractivity contribution in [3.8, 4) is 11.3 Å². The molecule has 1 aromatic heterocycles. The highest BCUT2D eigenvalue weighted by molar-refractivity contribution is 7.73. The molecular formula is C11H9NO2S2. The van der Waals surface area contributed by atoms with Gasteiger partial charge in [0.25, 0.3) is 0 Å². The maximum Gasteiger partial charge on any atom is 0.188 e. The summed E-state index contributed by atoms with van der Waals surface area (Å²) >= 11 is 6.46. The molecule has 0 radical (unpaired) electrons. The lowest BCUT2D eigenvalue weighted by atomic mass is 10.1. The largest absolute Gasteiger partial charge is 0.388 e. The SMILES string of the molecule is O=C(CO)c1ccc(-c2csc(=S)[nH]2)cc1. The van der Waals surface area contributed by atoms with E-state index in [9.17, 15) is 4.79 Å². The maximum absolute atomic E-state index is 11.2. The Morgan fingerprint density at radius 1 is 1.38 bits per heavy atom. The van der Waals surface area contributed by atoms with Gasteiger partial charge in [-0.1, -0.05) is 24.3 Å². The van der Waals surface area contributed by atoms with Crippen LogP contribution in [0.5, 0.6) is 0 Å². The first-order chi connectivity index (χ1) is 7.70. The number of nitrogens with one attached hydrogen (secondary N) is 1. The molecular weight excluding hydrogens is 242 g/mol. The first-order valence-corrected chi connectivity index (χ1v) is 5.92. The molecule has 0 aliphatic carbocycles. The van der Waals surface area contributed by atoms with Crippen molar-refractivity contribution in [2.24, 2.45) is 0 Å². The van der Waals surface area contributed by atoms with Crippen LogP contribution in [0.1, 0.15) is 10.4 Å². The molecule has 0 saturated carbocycles. The molecule has 2 N–H and O–H groups in total. The summed E-state index contributed by atoms with van der Waals surface area (Å²) in [4.78, 5) is 14.2. The van der Waals surface area contributed by atoms with Gasteiger partial charge in [0.2, 0.25) is 0 Å². The summed E-state index contributed by atoms with van der Waals surface area (Å²) in [6.45, 7) is -0.458. The number of carbonyl (C=O) groups excluding carboxylic acids is 1. The number of thiazole rings is 1. The van der Waals surface area contributed by atoms with Crippen LogP contribution in [0, 0.1) is 3.95 Å². The van der Waals surface area contributed by atoms with Gasteiger partial charge in [-0.05, 0) is 17.8 Å². The molecule has 2 aromatic rings. The van der Waals surface area contributed by atoms with Crippen molar-refractivity contribution in [2.45, 2.75) is 0 Å². The number of carbonyl (C=O) groups is 1. The second kappa shape index (κ2) is 4.69. The second-order valence-electron chi connectivity index (χ2n) is 3.22. The number of aromatic nitrogens is 1. The van der Waals surface area contributed by atoms with E-state index in [0.29, 0.717) is 5.56 Å². The molecule has 0 spiro atoms. The molecule has 1 aromatic carbocycles. The number of aromatic amines is 1. The fourth-order valence-corrected chi connectivity index (χ4v) is 2.19.